The van der Waals surface area contributed by atoms with Crippen molar-refractivity contribution in [3.63, 3.8) is 0 Å². The number of aliphatic hydroxyl groups is 1. The van der Waals surface area contributed by atoms with Crippen LogP contribution in [0.2, 0.25) is 0 Å². The molecule has 1 unspecified atom stereocenters. The standard InChI is InChI=1S/C11H14N2OS/c1-13-10(4-6-12-13)11(14)3-2-9-5-7-15-8-9/h4-8,11,14H,2-3H2,1H3. The molecule has 0 aliphatic heterocycles. The minimum Gasteiger partial charge on any atom is -0.387 e. The first-order valence-corrected chi connectivity index (χ1v) is 5.88. The Morgan fingerprint density at radius 3 is 3.00 bits per heavy atom. The average Bonchev–Trinajstić information content (AvgIpc) is 2.84. The molecule has 0 saturated carbocycles. The van der Waals surface area contributed by atoms with Crippen LogP contribution >= 0.6 is 11.3 Å². The summed E-state index contributed by atoms with van der Waals surface area (Å²) in [6, 6.07) is 3.96. The number of thiophene rings is 1. The third-order valence-corrected chi connectivity index (χ3v) is 3.22. The van der Waals surface area contributed by atoms with Crippen molar-refractivity contribution in [2.45, 2.75) is 18.9 Å². The minimum absolute atomic E-state index is 0.419. The Labute approximate surface area is 93.0 Å². The van der Waals surface area contributed by atoms with Crippen LogP contribution in [0, 0.1) is 0 Å². The van der Waals surface area contributed by atoms with Crippen LogP contribution < -0.4 is 0 Å². The van der Waals surface area contributed by atoms with Crippen molar-refractivity contribution in [3.8, 4) is 0 Å². The fourth-order valence-corrected chi connectivity index (χ4v) is 2.30. The number of rotatable bonds is 4. The maximum atomic E-state index is 9.93. The molecule has 2 rings (SSSR count). The number of aryl methyl sites for hydroxylation is 2. The smallest absolute Gasteiger partial charge is 0.0959 e. The molecule has 4 heteroatoms. The highest BCUT2D eigenvalue weighted by Gasteiger charge is 2.11. The van der Waals surface area contributed by atoms with Crippen LogP contribution in [-0.4, -0.2) is 14.9 Å². The molecule has 2 heterocycles. The molecule has 1 N–H and O–H groups in total. The summed E-state index contributed by atoms with van der Waals surface area (Å²) in [6.45, 7) is 0. The van der Waals surface area contributed by atoms with E-state index in [0.717, 1.165) is 18.5 Å². The third-order valence-electron chi connectivity index (χ3n) is 2.49. The van der Waals surface area contributed by atoms with Crippen molar-refractivity contribution in [3.05, 3.63) is 40.3 Å². The van der Waals surface area contributed by atoms with Crippen LogP contribution in [-0.2, 0) is 13.5 Å². The number of hydrogen-bond donors (Lipinski definition) is 1. The van der Waals surface area contributed by atoms with Gasteiger partial charge in [-0.05, 0) is 41.3 Å². The van der Waals surface area contributed by atoms with Crippen molar-refractivity contribution >= 4 is 11.3 Å². The lowest BCUT2D eigenvalue weighted by molar-refractivity contribution is 0.158. The fraction of sp³-hybridized carbons (Fsp3) is 0.364. The van der Waals surface area contributed by atoms with Crippen molar-refractivity contribution in [2.24, 2.45) is 7.05 Å². The van der Waals surface area contributed by atoms with E-state index in [1.807, 2.05) is 13.1 Å². The van der Waals surface area contributed by atoms with Gasteiger partial charge in [-0.3, -0.25) is 4.68 Å². The van der Waals surface area contributed by atoms with E-state index in [4.69, 9.17) is 0 Å². The van der Waals surface area contributed by atoms with Crippen LogP contribution in [0.25, 0.3) is 0 Å². The molecule has 15 heavy (non-hydrogen) atoms. The molecule has 0 amide bonds. The molecule has 0 bridgehead atoms. The Bertz CT molecular complexity index is 408. The second-order valence-corrected chi connectivity index (χ2v) is 4.35. The summed E-state index contributed by atoms with van der Waals surface area (Å²) in [5.41, 5.74) is 2.17. The van der Waals surface area contributed by atoms with Gasteiger partial charge in [-0.2, -0.15) is 16.4 Å². The zero-order valence-corrected chi connectivity index (χ0v) is 9.44. The van der Waals surface area contributed by atoms with Gasteiger partial charge < -0.3 is 5.11 Å². The van der Waals surface area contributed by atoms with Gasteiger partial charge in [0.2, 0.25) is 0 Å². The Morgan fingerprint density at radius 1 is 1.53 bits per heavy atom. The van der Waals surface area contributed by atoms with Crippen molar-refractivity contribution < 1.29 is 5.11 Å². The topological polar surface area (TPSA) is 38.0 Å². The second-order valence-electron chi connectivity index (χ2n) is 3.57. The normalized spacial score (nSPS) is 12.9. The molecule has 0 aliphatic rings. The molecule has 2 aromatic rings. The van der Waals surface area contributed by atoms with E-state index in [2.05, 4.69) is 21.9 Å². The van der Waals surface area contributed by atoms with E-state index in [1.165, 1.54) is 5.56 Å². The summed E-state index contributed by atoms with van der Waals surface area (Å²) in [4.78, 5) is 0. The summed E-state index contributed by atoms with van der Waals surface area (Å²) in [6.07, 6.45) is 2.95. The minimum atomic E-state index is -0.419. The Morgan fingerprint density at radius 2 is 2.40 bits per heavy atom. The fourth-order valence-electron chi connectivity index (χ4n) is 1.60. The summed E-state index contributed by atoms with van der Waals surface area (Å²) in [7, 11) is 1.85. The van der Waals surface area contributed by atoms with Crippen LogP contribution in [0.1, 0.15) is 23.8 Å². The second kappa shape index (κ2) is 4.59. The van der Waals surface area contributed by atoms with Crippen molar-refractivity contribution in [1.82, 2.24) is 9.78 Å². The Hall–Kier alpha value is -1.13. The molecule has 0 spiro atoms. The summed E-state index contributed by atoms with van der Waals surface area (Å²) in [5.74, 6) is 0. The number of hydrogen-bond acceptors (Lipinski definition) is 3. The quantitative estimate of drug-likeness (QED) is 0.860. The molecule has 0 radical (unpaired) electrons. The highest BCUT2D eigenvalue weighted by Crippen LogP contribution is 2.18. The molecular weight excluding hydrogens is 208 g/mol. The van der Waals surface area contributed by atoms with Gasteiger partial charge in [-0.1, -0.05) is 0 Å². The van der Waals surface area contributed by atoms with Crippen molar-refractivity contribution in [2.75, 3.05) is 0 Å². The molecule has 80 valence electrons. The molecule has 0 aromatic carbocycles. The first kappa shape index (κ1) is 10.4. The number of aromatic nitrogens is 2. The van der Waals surface area contributed by atoms with Crippen LogP contribution in [0.5, 0.6) is 0 Å². The maximum Gasteiger partial charge on any atom is 0.0959 e. The maximum absolute atomic E-state index is 9.93. The molecule has 3 nitrogen and oxygen atoms in total. The average molecular weight is 222 g/mol. The van der Waals surface area contributed by atoms with E-state index in [1.54, 1.807) is 22.2 Å². The van der Waals surface area contributed by atoms with E-state index in [-0.39, 0.29) is 0 Å². The van der Waals surface area contributed by atoms with Crippen LogP contribution in [0.15, 0.2) is 29.1 Å². The summed E-state index contributed by atoms with van der Waals surface area (Å²) < 4.78 is 1.72. The van der Waals surface area contributed by atoms with Gasteiger partial charge in [0, 0.05) is 13.2 Å². The van der Waals surface area contributed by atoms with Crippen LogP contribution in [0.3, 0.4) is 0 Å². The van der Waals surface area contributed by atoms with Gasteiger partial charge in [0.1, 0.15) is 0 Å². The van der Waals surface area contributed by atoms with Gasteiger partial charge in [-0.25, -0.2) is 0 Å². The predicted molar refractivity (Wildman–Crippen MR) is 60.8 cm³/mol. The lowest BCUT2D eigenvalue weighted by atomic mass is 10.1. The molecule has 0 saturated heterocycles. The molecule has 1 atom stereocenters. The van der Waals surface area contributed by atoms with Gasteiger partial charge in [-0.15, -0.1) is 0 Å². The van der Waals surface area contributed by atoms with Gasteiger partial charge in [0.25, 0.3) is 0 Å². The van der Waals surface area contributed by atoms with Crippen molar-refractivity contribution in [1.29, 1.82) is 0 Å². The van der Waals surface area contributed by atoms with E-state index >= 15 is 0 Å². The third kappa shape index (κ3) is 2.46. The van der Waals surface area contributed by atoms with Gasteiger partial charge in [0.05, 0.1) is 11.8 Å². The highest BCUT2D eigenvalue weighted by molar-refractivity contribution is 7.07. The molecule has 2 aromatic heterocycles. The zero-order chi connectivity index (χ0) is 10.7. The van der Waals surface area contributed by atoms with E-state index in [9.17, 15) is 5.11 Å². The SMILES string of the molecule is Cn1nccc1C(O)CCc1ccsc1. The monoisotopic (exact) mass is 222 g/mol. The van der Waals surface area contributed by atoms with E-state index in [0.29, 0.717) is 0 Å². The highest BCUT2D eigenvalue weighted by atomic mass is 32.1. The zero-order valence-electron chi connectivity index (χ0n) is 8.63. The summed E-state index contributed by atoms with van der Waals surface area (Å²) in [5, 5.41) is 18.2. The molecule has 0 fully saturated rings. The van der Waals surface area contributed by atoms with E-state index < -0.39 is 6.10 Å². The first-order valence-electron chi connectivity index (χ1n) is 4.94. The van der Waals surface area contributed by atoms with Crippen LogP contribution in [0.4, 0.5) is 0 Å². The number of nitrogens with zero attached hydrogens (tertiary/aromatic N) is 2. The Kier molecular flexibility index (Phi) is 3.18. The van der Waals surface area contributed by atoms with Gasteiger partial charge >= 0.3 is 0 Å². The van der Waals surface area contributed by atoms with Gasteiger partial charge in [0.15, 0.2) is 0 Å². The lowest BCUT2D eigenvalue weighted by Gasteiger charge is -2.09. The Balaban J connectivity index is 1.93. The molecule has 0 aliphatic carbocycles. The first-order chi connectivity index (χ1) is 7.27. The predicted octanol–water partition coefficient (Wildman–Crippen LogP) is 2.15. The number of aliphatic hydroxyl groups excluding tert-OH is 1. The lowest BCUT2D eigenvalue weighted by Crippen LogP contribution is -2.06. The largest absolute Gasteiger partial charge is 0.387 e. The summed E-state index contributed by atoms with van der Waals surface area (Å²) >= 11 is 1.69. The molecular formula is C11H14N2OS.